The van der Waals surface area contributed by atoms with Gasteiger partial charge in [-0.05, 0) is 24.6 Å². The van der Waals surface area contributed by atoms with Crippen molar-refractivity contribution in [3.8, 4) is 0 Å². The number of likely N-dealkylation sites (tertiary alicyclic amines) is 1. The van der Waals surface area contributed by atoms with Crippen molar-refractivity contribution in [2.75, 3.05) is 6.54 Å². The standard InChI is InChI=1S/C13H11F2NO3/c14-6-1-2-10(15)9(3-6)11(17)5-16-12(18)7-4-8(7)13(16)19/h1-3,7-8,11,17H,4-5H2. The number of nitrogens with zero attached hydrogens (tertiary/aromatic N) is 1. The Morgan fingerprint density at radius 2 is 1.89 bits per heavy atom. The first kappa shape index (κ1) is 12.2. The molecule has 1 saturated carbocycles. The second-order valence-corrected chi connectivity index (χ2v) is 4.92. The number of rotatable bonds is 3. The summed E-state index contributed by atoms with van der Waals surface area (Å²) in [6, 6.07) is 2.71. The molecule has 1 aliphatic carbocycles. The van der Waals surface area contributed by atoms with Crippen LogP contribution in [0.3, 0.4) is 0 Å². The lowest BCUT2D eigenvalue weighted by molar-refractivity contribution is -0.143. The molecule has 1 heterocycles. The molecule has 1 N–H and O–H groups in total. The van der Waals surface area contributed by atoms with Crippen molar-refractivity contribution in [3.05, 3.63) is 35.4 Å². The zero-order valence-electron chi connectivity index (χ0n) is 9.85. The van der Waals surface area contributed by atoms with Crippen molar-refractivity contribution in [2.45, 2.75) is 12.5 Å². The molecule has 0 radical (unpaired) electrons. The average Bonchev–Trinajstić information content (AvgIpc) is 3.13. The van der Waals surface area contributed by atoms with E-state index in [1.165, 1.54) is 0 Å². The number of hydrogen-bond donors (Lipinski definition) is 1. The Labute approximate surface area is 107 Å². The highest BCUT2D eigenvalue weighted by Gasteiger charge is 2.58. The third-order valence-corrected chi connectivity index (χ3v) is 3.63. The number of fused-ring (bicyclic) bond motifs is 1. The normalized spacial score (nSPS) is 26.6. The smallest absolute Gasteiger partial charge is 0.233 e. The Morgan fingerprint density at radius 1 is 1.26 bits per heavy atom. The molecule has 0 aromatic heterocycles. The molecular formula is C13H11F2NO3. The van der Waals surface area contributed by atoms with Gasteiger partial charge in [-0.3, -0.25) is 14.5 Å². The predicted octanol–water partition coefficient (Wildman–Crippen LogP) is 1.00. The van der Waals surface area contributed by atoms with Crippen LogP contribution >= 0.6 is 0 Å². The number of halogens is 2. The molecule has 3 unspecified atom stereocenters. The van der Waals surface area contributed by atoms with Gasteiger partial charge in [-0.1, -0.05) is 0 Å². The zero-order chi connectivity index (χ0) is 13.7. The Bertz CT molecular complexity index is 555. The van der Waals surface area contributed by atoms with Crippen molar-refractivity contribution in [2.24, 2.45) is 11.8 Å². The zero-order valence-corrected chi connectivity index (χ0v) is 9.85. The predicted molar refractivity (Wildman–Crippen MR) is 59.6 cm³/mol. The minimum absolute atomic E-state index is 0.249. The molecule has 2 amide bonds. The van der Waals surface area contributed by atoms with Gasteiger partial charge in [-0.15, -0.1) is 0 Å². The number of benzene rings is 1. The van der Waals surface area contributed by atoms with Crippen molar-refractivity contribution < 1.29 is 23.5 Å². The van der Waals surface area contributed by atoms with E-state index in [1.807, 2.05) is 0 Å². The highest BCUT2D eigenvalue weighted by atomic mass is 19.1. The van der Waals surface area contributed by atoms with Gasteiger partial charge in [-0.2, -0.15) is 0 Å². The summed E-state index contributed by atoms with van der Waals surface area (Å²) in [6.07, 6.45) is -0.848. The summed E-state index contributed by atoms with van der Waals surface area (Å²) in [4.78, 5) is 24.3. The molecule has 1 aliphatic heterocycles. The van der Waals surface area contributed by atoms with Crippen LogP contribution in [0.15, 0.2) is 18.2 Å². The first-order valence-corrected chi connectivity index (χ1v) is 5.97. The van der Waals surface area contributed by atoms with E-state index in [0.717, 1.165) is 23.1 Å². The SMILES string of the molecule is O=C1C2CC2C(=O)N1CC(O)c1cc(F)ccc1F. The Hall–Kier alpha value is -1.82. The summed E-state index contributed by atoms with van der Waals surface area (Å²) in [5.74, 6) is -2.64. The molecule has 0 bridgehead atoms. The van der Waals surface area contributed by atoms with Crippen LogP contribution in [-0.2, 0) is 9.59 Å². The average molecular weight is 267 g/mol. The molecule has 3 rings (SSSR count). The highest BCUT2D eigenvalue weighted by molar-refractivity contribution is 6.08. The second-order valence-electron chi connectivity index (χ2n) is 4.92. The largest absolute Gasteiger partial charge is 0.386 e. The lowest BCUT2D eigenvalue weighted by Crippen LogP contribution is -2.36. The van der Waals surface area contributed by atoms with E-state index in [2.05, 4.69) is 0 Å². The molecule has 0 spiro atoms. The summed E-state index contributed by atoms with van der Waals surface area (Å²) in [6.45, 7) is -0.328. The number of aliphatic hydroxyl groups excluding tert-OH is 1. The van der Waals surface area contributed by atoms with Gasteiger partial charge in [0.2, 0.25) is 11.8 Å². The van der Waals surface area contributed by atoms with Crippen LogP contribution < -0.4 is 0 Å². The maximum absolute atomic E-state index is 13.5. The number of aliphatic hydroxyl groups is 1. The van der Waals surface area contributed by atoms with E-state index in [9.17, 15) is 23.5 Å². The van der Waals surface area contributed by atoms with Crippen LogP contribution in [0, 0.1) is 23.5 Å². The third kappa shape index (κ3) is 1.92. The maximum Gasteiger partial charge on any atom is 0.233 e. The van der Waals surface area contributed by atoms with Crippen molar-refractivity contribution >= 4 is 11.8 Å². The Kier molecular flexibility index (Phi) is 2.63. The van der Waals surface area contributed by atoms with Crippen molar-refractivity contribution in [1.29, 1.82) is 0 Å². The second kappa shape index (κ2) is 4.09. The fraction of sp³-hybridized carbons (Fsp3) is 0.385. The van der Waals surface area contributed by atoms with Gasteiger partial charge in [0.25, 0.3) is 0 Å². The number of β-amino-alcohol motifs (C(OH)–C–C–N with tert-alkyl or cyclic N) is 1. The number of piperidine rings is 1. The molecule has 1 aromatic carbocycles. The summed E-state index contributed by atoms with van der Waals surface area (Å²) in [7, 11) is 0. The van der Waals surface area contributed by atoms with Crippen molar-refractivity contribution in [3.63, 3.8) is 0 Å². The summed E-state index contributed by atoms with van der Waals surface area (Å²) < 4.78 is 26.5. The van der Waals surface area contributed by atoms with Crippen LogP contribution in [0.1, 0.15) is 18.1 Å². The minimum atomic E-state index is -1.42. The van der Waals surface area contributed by atoms with Gasteiger partial charge in [0, 0.05) is 5.56 Å². The fourth-order valence-electron chi connectivity index (χ4n) is 2.47. The summed E-state index contributed by atoms with van der Waals surface area (Å²) in [5, 5.41) is 9.87. The highest BCUT2D eigenvalue weighted by Crippen LogP contribution is 2.47. The maximum atomic E-state index is 13.5. The molecule has 3 atom stereocenters. The molecular weight excluding hydrogens is 256 g/mol. The molecule has 1 aromatic rings. The molecule has 6 heteroatoms. The first-order valence-electron chi connectivity index (χ1n) is 5.97. The van der Waals surface area contributed by atoms with Crippen molar-refractivity contribution in [1.82, 2.24) is 4.90 Å². The van der Waals surface area contributed by atoms with E-state index in [1.54, 1.807) is 0 Å². The van der Waals surface area contributed by atoms with Crippen LogP contribution in [-0.4, -0.2) is 28.4 Å². The number of carbonyl (C=O) groups is 2. The lowest BCUT2D eigenvalue weighted by Gasteiger charge is -2.20. The van der Waals surface area contributed by atoms with Gasteiger partial charge in [-0.25, -0.2) is 8.78 Å². The van der Waals surface area contributed by atoms with Gasteiger partial charge in [0.15, 0.2) is 0 Å². The topological polar surface area (TPSA) is 57.6 Å². The summed E-state index contributed by atoms with van der Waals surface area (Å²) >= 11 is 0. The third-order valence-electron chi connectivity index (χ3n) is 3.63. The monoisotopic (exact) mass is 267 g/mol. The van der Waals surface area contributed by atoms with Crippen LogP contribution in [0.4, 0.5) is 8.78 Å². The van der Waals surface area contributed by atoms with Gasteiger partial charge >= 0.3 is 0 Å². The molecule has 19 heavy (non-hydrogen) atoms. The molecule has 100 valence electrons. The van der Waals surface area contributed by atoms with Gasteiger partial charge < -0.3 is 5.11 Å². The number of carbonyl (C=O) groups excluding carboxylic acids is 2. The van der Waals surface area contributed by atoms with E-state index in [0.29, 0.717) is 6.42 Å². The first-order chi connectivity index (χ1) is 8.99. The van der Waals surface area contributed by atoms with E-state index in [4.69, 9.17) is 0 Å². The lowest BCUT2D eigenvalue weighted by atomic mass is 10.1. The summed E-state index contributed by atoms with van der Waals surface area (Å²) in [5.41, 5.74) is -0.249. The molecule has 1 saturated heterocycles. The molecule has 2 aliphatic rings. The van der Waals surface area contributed by atoms with Gasteiger partial charge in [0.05, 0.1) is 24.5 Å². The number of imide groups is 1. The Balaban J connectivity index is 1.78. The van der Waals surface area contributed by atoms with E-state index in [-0.39, 0.29) is 35.8 Å². The van der Waals surface area contributed by atoms with Crippen LogP contribution in [0.5, 0.6) is 0 Å². The Morgan fingerprint density at radius 3 is 2.53 bits per heavy atom. The number of hydrogen-bond acceptors (Lipinski definition) is 3. The van der Waals surface area contributed by atoms with E-state index >= 15 is 0 Å². The van der Waals surface area contributed by atoms with Crippen LogP contribution in [0.25, 0.3) is 0 Å². The number of amides is 2. The fourth-order valence-corrected chi connectivity index (χ4v) is 2.47. The van der Waals surface area contributed by atoms with Gasteiger partial charge in [0.1, 0.15) is 11.6 Å². The minimum Gasteiger partial charge on any atom is -0.386 e. The quantitative estimate of drug-likeness (QED) is 0.831. The molecule has 2 fully saturated rings. The van der Waals surface area contributed by atoms with E-state index < -0.39 is 17.7 Å². The van der Waals surface area contributed by atoms with Crippen LogP contribution in [0.2, 0.25) is 0 Å². The molecule has 4 nitrogen and oxygen atoms in total.